The first-order chi connectivity index (χ1) is 12.9. The molecule has 1 atom stereocenters. The highest BCUT2D eigenvalue weighted by atomic mass is 32.2. The maximum Gasteiger partial charge on any atom is 0.466 e. The fourth-order valence-electron chi connectivity index (χ4n) is 1.40. The highest BCUT2D eigenvalue weighted by Crippen LogP contribution is 2.39. The Morgan fingerprint density at radius 1 is 1.00 bits per heavy atom. The van der Waals surface area contributed by atoms with Crippen molar-refractivity contribution in [2.24, 2.45) is 0 Å². The molecule has 0 bridgehead atoms. The predicted molar refractivity (Wildman–Crippen MR) is 80.4 cm³/mol. The van der Waals surface area contributed by atoms with Crippen LogP contribution in [0.3, 0.4) is 0 Å². The third-order valence-electron chi connectivity index (χ3n) is 2.81. The number of carbonyl (C=O) groups excluding carboxylic acids is 2. The summed E-state index contributed by atoms with van der Waals surface area (Å²) in [7, 11) is -6.39. The molecule has 17 heteroatoms. The van der Waals surface area contributed by atoms with E-state index in [9.17, 15) is 53.1 Å². The van der Waals surface area contributed by atoms with Crippen LogP contribution in [0.15, 0.2) is 12.2 Å². The second-order valence-corrected chi connectivity index (χ2v) is 8.13. The lowest BCUT2D eigenvalue weighted by atomic mass is 10.1. The monoisotopic (exact) mass is 481 g/mol. The molecule has 1 unspecified atom stereocenters. The average Bonchev–Trinajstić information content (AvgIpc) is 2.45. The Labute approximate surface area is 163 Å². The van der Waals surface area contributed by atoms with E-state index in [1.54, 1.807) is 0 Å². The van der Waals surface area contributed by atoms with E-state index in [2.05, 4.69) is 16.1 Å². The molecular formula is C13H15F8NO7S. The van der Waals surface area contributed by atoms with Gasteiger partial charge in [-0.3, -0.25) is 9.35 Å². The highest BCUT2D eigenvalue weighted by molar-refractivity contribution is 7.86. The van der Waals surface area contributed by atoms with Gasteiger partial charge in [0.25, 0.3) is 0 Å². The van der Waals surface area contributed by atoms with Crippen LogP contribution >= 0.6 is 0 Å². The smallest absolute Gasteiger partial charge is 0.412 e. The number of hydrogen-bond acceptors (Lipinski definition) is 6. The van der Waals surface area contributed by atoms with Crippen LogP contribution in [-0.4, -0.2) is 60.4 Å². The van der Waals surface area contributed by atoms with Crippen molar-refractivity contribution < 1.29 is 67.2 Å². The summed E-state index contributed by atoms with van der Waals surface area (Å²) >= 11 is 0. The lowest BCUT2D eigenvalue weighted by Gasteiger charge is -2.36. The first-order valence-corrected chi connectivity index (χ1v) is 8.69. The second kappa shape index (κ2) is 8.26. The van der Waals surface area contributed by atoms with Crippen molar-refractivity contribution in [3.05, 3.63) is 12.2 Å². The van der Waals surface area contributed by atoms with Gasteiger partial charge in [0.15, 0.2) is 0 Å². The van der Waals surface area contributed by atoms with E-state index >= 15 is 0 Å². The number of halogens is 8. The zero-order chi connectivity index (χ0) is 24.6. The number of hydrogen-bond donors (Lipinski definition) is 2. The normalized spacial score (nSPS) is 15.9. The minimum atomic E-state index is -6.39. The Morgan fingerprint density at radius 3 is 1.73 bits per heavy atom. The number of carbonyl (C=O) groups is 2. The lowest BCUT2D eigenvalue weighted by Crippen LogP contribution is -2.65. The van der Waals surface area contributed by atoms with Gasteiger partial charge in [-0.05, 0) is 20.8 Å². The van der Waals surface area contributed by atoms with Crippen molar-refractivity contribution >= 4 is 22.0 Å². The lowest BCUT2D eigenvalue weighted by molar-refractivity contribution is -0.353. The molecule has 0 aromatic rings. The maximum atomic E-state index is 13.6. The largest absolute Gasteiger partial charge is 0.466 e. The summed E-state index contributed by atoms with van der Waals surface area (Å²) in [4.78, 5) is 23.6. The third-order valence-corrected chi connectivity index (χ3v) is 3.68. The Morgan fingerprint density at radius 2 is 1.43 bits per heavy atom. The van der Waals surface area contributed by atoms with Crippen molar-refractivity contribution in [3.63, 3.8) is 0 Å². The van der Waals surface area contributed by atoms with E-state index in [1.165, 1.54) is 5.32 Å². The van der Waals surface area contributed by atoms with Crippen molar-refractivity contribution in [2.75, 3.05) is 6.61 Å². The minimum absolute atomic E-state index is 1.05. The SMILES string of the molecule is C=C(C(=O)OC(OCC(F)(F)S(=O)(=O)O)(C(=O)NC(C)(C)C)C(F)(F)F)C(F)(F)F. The summed E-state index contributed by atoms with van der Waals surface area (Å²) in [5.74, 6) is -10.7. The van der Waals surface area contributed by atoms with Gasteiger partial charge in [0.1, 0.15) is 12.2 Å². The Kier molecular flexibility index (Phi) is 7.70. The summed E-state index contributed by atoms with van der Waals surface area (Å²) in [5, 5.41) is -3.98. The second-order valence-electron chi connectivity index (χ2n) is 6.59. The molecule has 8 nitrogen and oxygen atoms in total. The van der Waals surface area contributed by atoms with Crippen molar-refractivity contribution in [1.29, 1.82) is 0 Å². The molecule has 0 heterocycles. The van der Waals surface area contributed by atoms with E-state index in [-0.39, 0.29) is 0 Å². The Bertz CT molecular complexity index is 798. The predicted octanol–water partition coefficient (Wildman–Crippen LogP) is 2.32. The number of ether oxygens (including phenoxy) is 2. The zero-order valence-corrected chi connectivity index (χ0v) is 16.1. The quantitative estimate of drug-likeness (QED) is 0.188. The molecule has 0 aliphatic rings. The van der Waals surface area contributed by atoms with Crippen molar-refractivity contribution in [2.45, 2.75) is 49.7 Å². The average molecular weight is 481 g/mol. The van der Waals surface area contributed by atoms with Crippen LogP contribution in [0.5, 0.6) is 0 Å². The van der Waals surface area contributed by atoms with Gasteiger partial charge in [0, 0.05) is 5.54 Å². The third kappa shape index (κ3) is 6.76. The van der Waals surface area contributed by atoms with Crippen LogP contribution < -0.4 is 5.32 Å². The van der Waals surface area contributed by atoms with Crippen LogP contribution in [0.25, 0.3) is 0 Å². The van der Waals surface area contributed by atoms with Crippen LogP contribution in [0.1, 0.15) is 20.8 Å². The summed E-state index contributed by atoms with van der Waals surface area (Å²) in [6.07, 6.45) is -12.0. The van der Waals surface area contributed by atoms with Gasteiger partial charge in [-0.1, -0.05) is 6.58 Å². The van der Waals surface area contributed by atoms with Gasteiger partial charge in [-0.2, -0.15) is 43.5 Å². The fourth-order valence-corrected chi connectivity index (χ4v) is 1.61. The number of rotatable bonds is 7. The van der Waals surface area contributed by atoms with E-state index in [1.807, 2.05) is 0 Å². The van der Waals surface area contributed by atoms with Crippen LogP contribution in [0.2, 0.25) is 0 Å². The Balaban J connectivity index is 6.46. The van der Waals surface area contributed by atoms with Gasteiger partial charge in [-0.15, -0.1) is 0 Å². The molecule has 0 fully saturated rings. The van der Waals surface area contributed by atoms with Crippen LogP contribution in [-0.2, 0) is 29.2 Å². The molecule has 1 amide bonds. The molecule has 0 aromatic carbocycles. The van der Waals surface area contributed by atoms with Crippen molar-refractivity contribution in [3.8, 4) is 0 Å². The molecule has 0 saturated heterocycles. The molecule has 0 aromatic heterocycles. The molecule has 0 aliphatic carbocycles. The zero-order valence-electron chi connectivity index (χ0n) is 15.2. The molecule has 0 radical (unpaired) electrons. The minimum Gasteiger partial charge on any atom is -0.412 e. The summed E-state index contributed by atoms with van der Waals surface area (Å²) in [5.41, 5.74) is -4.17. The van der Waals surface area contributed by atoms with Crippen LogP contribution in [0.4, 0.5) is 35.1 Å². The molecule has 2 N–H and O–H groups in total. The number of nitrogens with one attached hydrogen (secondary N) is 1. The number of alkyl halides is 8. The highest BCUT2D eigenvalue weighted by Gasteiger charge is 2.68. The van der Waals surface area contributed by atoms with Gasteiger partial charge in [-0.25, -0.2) is 4.79 Å². The van der Waals surface area contributed by atoms with Gasteiger partial charge >= 0.3 is 45.4 Å². The summed E-state index contributed by atoms with van der Waals surface area (Å²) < 4.78 is 141. The first kappa shape index (κ1) is 28.0. The van der Waals surface area contributed by atoms with E-state index in [0.717, 1.165) is 20.8 Å². The van der Waals surface area contributed by atoms with Gasteiger partial charge in [0.2, 0.25) is 0 Å². The molecule has 0 rings (SSSR count). The van der Waals surface area contributed by atoms with Gasteiger partial charge < -0.3 is 14.8 Å². The molecule has 176 valence electrons. The Hall–Kier alpha value is -2.01. The number of esters is 1. The summed E-state index contributed by atoms with van der Waals surface area (Å²) in [6, 6.07) is 0. The fraction of sp³-hybridized carbons (Fsp3) is 0.692. The first-order valence-electron chi connectivity index (χ1n) is 7.25. The number of amides is 1. The topological polar surface area (TPSA) is 119 Å². The molecule has 0 aliphatic heterocycles. The summed E-state index contributed by atoms with van der Waals surface area (Å²) in [6.45, 7) is 2.35. The van der Waals surface area contributed by atoms with E-state index < -0.39 is 63.1 Å². The maximum absolute atomic E-state index is 13.6. The van der Waals surface area contributed by atoms with Gasteiger partial charge in [0.05, 0.1) is 0 Å². The molecular weight excluding hydrogens is 466 g/mol. The molecule has 0 saturated carbocycles. The standard InChI is InChI=1S/C13H15F8NO7S/c1-6(12(16,17)18)7(23)29-11(13(19,20)21,8(24)22-9(2,3)4)28-5-10(14,15)30(25,26)27/h1,5H2,2-4H3,(H,22,24)(H,25,26,27). The molecule has 30 heavy (non-hydrogen) atoms. The van der Waals surface area contributed by atoms with E-state index in [0.29, 0.717) is 0 Å². The van der Waals surface area contributed by atoms with Crippen molar-refractivity contribution in [1.82, 2.24) is 5.32 Å². The van der Waals surface area contributed by atoms with E-state index in [4.69, 9.17) is 4.55 Å². The van der Waals surface area contributed by atoms with Crippen LogP contribution in [0, 0.1) is 0 Å². The molecule has 0 spiro atoms.